The lowest BCUT2D eigenvalue weighted by Gasteiger charge is -2.13. The number of nitrogens with zero attached hydrogens (tertiary/aromatic N) is 1. The smallest absolute Gasteiger partial charge is 0.0342 e. The van der Waals surface area contributed by atoms with Gasteiger partial charge in [-0.05, 0) is 30.0 Å². The predicted molar refractivity (Wildman–Crippen MR) is 41.4 cm³/mol. The van der Waals surface area contributed by atoms with Gasteiger partial charge in [-0.25, -0.2) is 0 Å². The van der Waals surface area contributed by atoms with Crippen LogP contribution >= 0.6 is 0 Å². The first-order chi connectivity index (χ1) is 4.97. The third kappa shape index (κ3) is 0.838. The summed E-state index contributed by atoms with van der Waals surface area (Å²) in [6.45, 7) is 0. The summed E-state index contributed by atoms with van der Waals surface area (Å²) in [7, 11) is 0. The monoisotopic (exact) mass is 131 g/mol. The molecule has 0 fully saturated rings. The molecule has 0 N–H and O–H groups in total. The van der Waals surface area contributed by atoms with Gasteiger partial charge < -0.3 is 0 Å². The molecular formula is C9H9N. The highest BCUT2D eigenvalue weighted by atomic mass is 14.6. The van der Waals surface area contributed by atoms with Crippen molar-refractivity contribution in [3.05, 3.63) is 36.2 Å². The Labute approximate surface area is 60.4 Å². The predicted octanol–water partition coefficient (Wildman–Crippen LogP) is 2.26. The number of allylic oxidation sites excluding steroid dienone is 2. The number of hydrogen-bond donors (Lipinski definition) is 0. The molecule has 0 unspecified atom stereocenters. The second-order valence-corrected chi connectivity index (χ2v) is 2.51. The molecule has 1 aromatic heterocycles. The van der Waals surface area contributed by atoms with E-state index in [1.807, 2.05) is 18.5 Å². The molecule has 2 rings (SSSR count). The molecule has 0 saturated heterocycles. The molecule has 1 aromatic rings. The van der Waals surface area contributed by atoms with Gasteiger partial charge in [0, 0.05) is 12.4 Å². The van der Waals surface area contributed by atoms with Crippen LogP contribution in [0.4, 0.5) is 0 Å². The Morgan fingerprint density at radius 3 is 2.80 bits per heavy atom. The Morgan fingerprint density at radius 1 is 1.40 bits per heavy atom. The number of pyridine rings is 1. The molecule has 0 saturated carbocycles. The zero-order valence-electron chi connectivity index (χ0n) is 5.75. The van der Waals surface area contributed by atoms with Crippen molar-refractivity contribution in [3.63, 3.8) is 0 Å². The fourth-order valence-corrected chi connectivity index (χ4v) is 1.10. The van der Waals surface area contributed by atoms with E-state index in [4.69, 9.17) is 0 Å². The van der Waals surface area contributed by atoms with Crippen LogP contribution in [-0.4, -0.2) is 4.98 Å². The van der Waals surface area contributed by atoms with Gasteiger partial charge in [0.25, 0.3) is 0 Å². The highest BCUT2D eigenvalue weighted by molar-refractivity contribution is 5.68. The molecule has 0 amide bonds. The fourth-order valence-electron chi connectivity index (χ4n) is 1.10. The highest BCUT2D eigenvalue weighted by Crippen LogP contribution is 2.27. The van der Waals surface area contributed by atoms with Crippen molar-refractivity contribution in [1.82, 2.24) is 4.98 Å². The lowest BCUT2D eigenvalue weighted by molar-refractivity contribution is 0.985. The van der Waals surface area contributed by atoms with E-state index >= 15 is 0 Å². The van der Waals surface area contributed by atoms with Gasteiger partial charge in [0.15, 0.2) is 0 Å². The number of hydrogen-bond acceptors (Lipinski definition) is 1. The van der Waals surface area contributed by atoms with Crippen molar-refractivity contribution in [2.24, 2.45) is 0 Å². The van der Waals surface area contributed by atoms with E-state index in [9.17, 15) is 0 Å². The van der Waals surface area contributed by atoms with Crippen molar-refractivity contribution >= 4 is 5.57 Å². The summed E-state index contributed by atoms with van der Waals surface area (Å²) in [6, 6.07) is 4.09. The molecule has 0 aromatic carbocycles. The molecule has 50 valence electrons. The lowest BCUT2D eigenvalue weighted by atomic mass is 9.93. The quantitative estimate of drug-likeness (QED) is 0.569. The lowest BCUT2D eigenvalue weighted by Crippen LogP contribution is -1.92. The minimum atomic E-state index is 1.23. The second-order valence-electron chi connectivity index (χ2n) is 2.51. The molecule has 1 aliphatic rings. The van der Waals surface area contributed by atoms with E-state index < -0.39 is 0 Å². The van der Waals surface area contributed by atoms with E-state index in [-0.39, 0.29) is 0 Å². The van der Waals surface area contributed by atoms with Gasteiger partial charge in [0.1, 0.15) is 0 Å². The van der Waals surface area contributed by atoms with Gasteiger partial charge in [-0.2, -0.15) is 0 Å². The van der Waals surface area contributed by atoms with Crippen LogP contribution in [0.5, 0.6) is 0 Å². The molecule has 0 radical (unpaired) electrons. The minimum absolute atomic E-state index is 1.23. The normalized spacial score (nSPS) is 15.8. The van der Waals surface area contributed by atoms with Crippen LogP contribution < -0.4 is 0 Å². The summed E-state index contributed by atoms with van der Waals surface area (Å²) < 4.78 is 0. The highest BCUT2D eigenvalue weighted by Gasteiger charge is 2.06. The maximum atomic E-state index is 4.05. The summed E-state index contributed by atoms with van der Waals surface area (Å²) >= 11 is 0. The minimum Gasteiger partial charge on any atom is -0.264 e. The summed E-state index contributed by atoms with van der Waals surface area (Å²) in [4.78, 5) is 4.05. The van der Waals surface area contributed by atoms with Gasteiger partial charge in [0.2, 0.25) is 0 Å². The topological polar surface area (TPSA) is 12.9 Å². The fraction of sp³-hybridized carbons (Fsp3) is 0.222. The Bertz CT molecular complexity index is 249. The molecule has 0 bridgehead atoms. The van der Waals surface area contributed by atoms with Gasteiger partial charge >= 0.3 is 0 Å². The van der Waals surface area contributed by atoms with Crippen molar-refractivity contribution in [2.75, 3.05) is 0 Å². The van der Waals surface area contributed by atoms with Crippen molar-refractivity contribution < 1.29 is 0 Å². The van der Waals surface area contributed by atoms with E-state index in [1.165, 1.54) is 24.0 Å². The Hall–Kier alpha value is -1.11. The molecule has 1 heteroatoms. The Kier molecular flexibility index (Phi) is 1.28. The van der Waals surface area contributed by atoms with Crippen LogP contribution in [0.25, 0.3) is 5.57 Å². The standard InChI is InChI=1S/C9H9N/c1-3-8(4-1)9-5-2-6-10-7-9/h2-3,5-7H,1,4H2. The van der Waals surface area contributed by atoms with Crippen molar-refractivity contribution in [3.8, 4) is 0 Å². The van der Waals surface area contributed by atoms with E-state index in [2.05, 4.69) is 17.1 Å². The van der Waals surface area contributed by atoms with Crippen LogP contribution in [0, 0.1) is 0 Å². The van der Waals surface area contributed by atoms with E-state index in [1.54, 1.807) is 0 Å². The Balaban J connectivity index is 2.34. The van der Waals surface area contributed by atoms with Gasteiger partial charge in [-0.15, -0.1) is 0 Å². The van der Waals surface area contributed by atoms with Gasteiger partial charge in [-0.3, -0.25) is 4.98 Å². The molecular weight excluding hydrogens is 122 g/mol. The molecule has 1 aliphatic carbocycles. The van der Waals surface area contributed by atoms with Crippen LogP contribution in [0.2, 0.25) is 0 Å². The zero-order valence-corrected chi connectivity index (χ0v) is 5.75. The van der Waals surface area contributed by atoms with Gasteiger partial charge in [-0.1, -0.05) is 12.1 Å². The molecule has 1 heterocycles. The third-order valence-electron chi connectivity index (χ3n) is 1.84. The van der Waals surface area contributed by atoms with Crippen LogP contribution in [0.1, 0.15) is 18.4 Å². The Morgan fingerprint density at radius 2 is 2.30 bits per heavy atom. The third-order valence-corrected chi connectivity index (χ3v) is 1.84. The second kappa shape index (κ2) is 2.25. The first-order valence-corrected chi connectivity index (χ1v) is 3.56. The number of aromatic nitrogens is 1. The van der Waals surface area contributed by atoms with E-state index in [0.717, 1.165) is 0 Å². The van der Waals surface area contributed by atoms with Crippen LogP contribution in [0.15, 0.2) is 30.6 Å². The maximum Gasteiger partial charge on any atom is 0.0342 e. The summed E-state index contributed by atoms with van der Waals surface area (Å²) in [5.74, 6) is 0. The summed E-state index contributed by atoms with van der Waals surface area (Å²) in [5, 5.41) is 0. The van der Waals surface area contributed by atoms with Gasteiger partial charge in [0.05, 0.1) is 0 Å². The molecule has 0 atom stereocenters. The number of rotatable bonds is 1. The molecule has 10 heavy (non-hydrogen) atoms. The van der Waals surface area contributed by atoms with Crippen molar-refractivity contribution in [1.29, 1.82) is 0 Å². The summed E-state index contributed by atoms with van der Waals surface area (Å²) in [6.07, 6.45) is 8.46. The molecule has 0 spiro atoms. The first-order valence-electron chi connectivity index (χ1n) is 3.56. The SMILES string of the molecule is C1=C(c2cccnc2)CC1. The zero-order chi connectivity index (χ0) is 6.81. The van der Waals surface area contributed by atoms with Crippen molar-refractivity contribution in [2.45, 2.75) is 12.8 Å². The largest absolute Gasteiger partial charge is 0.264 e. The maximum absolute atomic E-state index is 4.05. The summed E-state index contributed by atoms with van der Waals surface area (Å²) in [5.41, 5.74) is 2.74. The average molecular weight is 131 g/mol. The van der Waals surface area contributed by atoms with Crippen LogP contribution in [0.3, 0.4) is 0 Å². The van der Waals surface area contributed by atoms with E-state index in [0.29, 0.717) is 0 Å². The first kappa shape index (κ1) is 5.66. The molecule has 1 nitrogen and oxygen atoms in total. The van der Waals surface area contributed by atoms with Crippen LogP contribution in [-0.2, 0) is 0 Å². The average Bonchev–Trinajstić information content (AvgIpc) is 1.86. The molecule has 0 aliphatic heterocycles.